The fourth-order valence-corrected chi connectivity index (χ4v) is 4.06. The molecule has 0 aliphatic heterocycles. The van der Waals surface area contributed by atoms with Crippen LogP contribution in [-0.2, 0) is 28.0 Å². The summed E-state index contributed by atoms with van der Waals surface area (Å²) in [6.45, 7) is 3.99. The average Bonchev–Trinajstić information content (AvgIpc) is 2.81. The van der Waals surface area contributed by atoms with Gasteiger partial charge in [-0.2, -0.15) is 0 Å². The molecule has 7 nitrogen and oxygen atoms in total. The molecule has 0 atom stereocenters. The Morgan fingerprint density at radius 2 is 1.49 bits per heavy atom. The van der Waals surface area contributed by atoms with Gasteiger partial charge in [-0.25, -0.2) is 12.8 Å². The van der Waals surface area contributed by atoms with Gasteiger partial charge in [0, 0.05) is 6.54 Å². The Kier molecular flexibility index (Phi) is 8.70. The van der Waals surface area contributed by atoms with Crippen molar-refractivity contribution in [2.45, 2.75) is 33.1 Å². The highest BCUT2D eigenvalue weighted by molar-refractivity contribution is 7.92. The van der Waals surface area contributed by atoms with Gasteiger partial charge in [0.15, 0.2) is 0 Å². The summed E-state index contributed by atoms with van der Waals surface area (Å²) >= 11 is 0. The van der Waals surface area contributed by atoms with Crippen LogP contribution < -0.4 is 19.1 Å². The lowest BCUT2D eigenvalue weighted by Crippen LogP contribution is -2.40. The van der Waals surface area contributed by atoms with Gasteiger partial charge in [-0.05, 0) is 73.5 Å². The Bertz CT molecular complexity index is 1210. The maximum absolute atomic E-state index is 13.0. The second-order valence-electron chi connectivity index (χ2n) is 8.27. The molecule has 0 aliphatic carbocycles. The Morgan fingerprint density at radius 1 is 0.914 bits per heavy atom. The molecular formula is C26H29FN2O5S. The van der Waals surface area contributed by atoms with Crippen LogP contribution in [0.4, 0.5) is 10.1 Å². The van der Waals surface area contributed by atoms with Crippen molar-refractivity contribution in [1.82, 2.24) is 5.32 Å². The number of halogens is 1. The molecule has 0 aromatic heterocycles. The zero-order valence-electron chi connectivity index (χ0n) is 19.9. The number of carbonyl (C=O) groups is 1. The van der Waals surface area contributed by atoms with E-state index in [9.17, 15) is 17.6 Å². The summed E-state index contributed by atoms with van der Waals surface area (Å²) in [6.07, 6.45) is 1.05. The van der Waals surface area contributed by atoms with Gasteiger partial charge in [0.05, 0.1) is 18.0 Å². The fraction of sp³-hybridized carbons (Fsp3) is 0.269. The minimum atomic E-state index is -3.67. The maximum atomic E-state index is 13.0. The van der Waals surface area contributed by atoms with E-state index in [-0.39, 0.29) is 25.0 Å². The maximum Gasteiger partial charge on any atom is 0.241 e. The molecule has 0 heterocycles. The van der Waals surface area contributed by atoms with E-state index in [1.807, 2.05) is 26.0 Å². The molecule has 186 valence electrons. The third-order valence-electron chi connectivity index (χ3n) is 4.92. The average molecular weight is 501 g/mol. The third kappa shape index (κ3) is 8.29. The molecule has 0 radical (unpaired) electrons. The monoisotopic (exact) mass is 500 g/mol. The van der Waals surface area contributed by atoms with Crippen molar-refractivity contribution >= 4 is 21.6 Å². The summed E-state index contributed by atoms with van der Waals surface area (Å²) in [4.78, 5) is 12.5. The molecule has 0 unspecified atom stereocenters. The lowest BCUT2D eigenvalue weighted by atomic mass is 10.2. The number of amides is 1. The largest absolute Gasteiger partial charge is 0.491 e. The van der Waals surface area contributed by atoms with Crippen LogP contribution in [0.1, 0.15) is 25.0 Å². The topological polar surface area (TPSA) is 84.9 Å². The highest BCUT2D eigenvalue weighted by Gasteiger charge is 2.21. The van der Waals surface area contributed by atoms with Gasteiger partial charge in [-0.3, -0.25) is 9.10 Å². The Hall–Kier alpha value is -3.59. The van der Waals surface area contributed by atoms with Crippen molar-refractivity contribution < 1.29 is 27.1 Å². The van der Waals surface area contributed by atoms with Gasteiger partial charge < -0.3 is 14.8 Å². The van der Waals surface area contributed by atoms with E-state index in [4.69, 9.17) is 9.47 Å². The molecule has 0 spiro atoms. The van der Waals surface area contributed by atoms with Crippen molar-refractivity contribution in [3.63, 3.8) is 0 Å². The quantitative estimate of drug-likeness (QED) is 0.425. The van der Waals surface area contributed by atoms with Crippen molar-refractivity contribution in [2.24, 2.45) is 0 Å². The number of nitrogens with zero attached hydrogens (tertiary/aromatic N) is 1. The molecule has 1 amide bonds. The molecule has 3 rings (SSSR count). The first-order valence-electron chi connectivity index (χ1n) is 11.1. The van der Waals surface area contributed by atoms with Crippen LogP contribution in [0, 0.1) is 5.82 Å². The first-order chi connectivity index (χ1) is 16.6. The van der Waals surface area contributed by atoms with E-state index in [0.717, 1.165) is 21.7 Å². The Labute approximate surface area is 205 Å². The van der Waals surface area contributed by atoms with E-state index >= 15 is 0 Å². The van der Waals surface area contributed by atoms with Gasteiger partial charge in [-0.15, -0.1) is 0 Å². The number of ether oxygens (including phenoxy) is 2. The van der Waals surface area contributed by atoms with E-state index in [2.05, 4.69) is 5.32 Å². The summed E-state index contributed by atoms with van der Waals surface area (Å²) in [5, 5.41) is 2.75. The minimum absolute atomic E-state index is 0.00642. The van der Waals surface area contributed by atoms with Crippen molar-refractivity contribution in [2.75, 3.05) is 17.1 Å². The number of anilines is 1. The second kappa shape index (κ2) is 11.7. The van der Waals surface area contributed by atoms with Gasteiger partial charge in [0.25, 0.3) is 0 Å². The molecule has 3 aromatic carbocycles. The van der Waals surface area contributed by atoms with Crippen LogP contribution in [-0.4, -0.2) is 33.2 Å². The first-order valence-corrected chi connectivity index (χ1v) is 12.9. The summed E-state index contributed by atoms with van der Waals surface area (Å²) < 4.78 is 49.9. The molecule has 35 heavy (non-hydrogen) atoms. The summed E-state index contributed by atoms with van der Waals surface area (Å²) in [7, 11) is -3.67. The minimum Gasteiger partial charge on any atom is -0.491 e. The lowest BCUT2D eigenvalue weighted by Gasteiger charge is -2.22. The molecule has 3 aromatic rings. The van der Waals surface area contributed by atoms with Crippen molar-refractivity contribution in [1.29, 1.82) is 0 Å². The van der Waals surface area contributed by atoms with E-state index in [0.29, 0.717) is 23.8 Å². The number of benzene rings is 3. The third-order valence-corrected chi connectivity index (χ3v) is 6.06. The molecule has 0 saturated carbocycles. The number of carbonyl (C=O) groups excluding carboxylic acids is 1. The molecule has 0 fully saturated rings. The number of sulfonamides is 1. The highest BCUT2D eigenvalue weighted by atomic mass is 32.2. The molecule has 0 saturated heterocycles. The van der Waals surface area contributed by atoms with Crippen LogP contribution >= 0.6 is 0 Å². The zero-order chi connectivity index (χ0) is 25.4. The van der Waals surface area contributed by atoms with E-state index in [1.165, 1.54) is 12.1 Å². The van der Waals surface area contributed by atoms with E-state index < -0.39 is 15.9 Å². The number of nitrogens with one attached hydrogen (secondary N) is 1. The summed E-state index contributed by atoms with van der Waals surface area (Å²) in [6, 6.07) is 19.8. The fourth-order valence-electron chi connectivity index (χ4n) is 3.20. The summed E-state index contributed by atoms with van der Waals surface area (Å²) in [5.74, 6) is 0.521. The summed E-state index contributed by atoms with van der Waals surface area (Å²) in [5.41, 5.74) is 2.05. The van der Waals surface area contributed by atoms with E-state index in [1.54, 1.807) is 48.5 Å². The number of hydrogen-bond donors (Lipinski definition) is 1. The van der Waals surface area contributed by atoms with Gasteiger partial charge in [-0.1, -0.05) is 24.3 Å². The van der Waals surface area contributed by atoms with Gasteiger partial charge in [0.1, 0.15) is 30.5 Å². The smallest absolute Gasteiger partial charge is 0.241 e. The number of rotatable bonds is 11. The Balaban J connectivity index is 1.54. The second-order valence-corrected chi connectivity index (χ2v) is 10.2. The first kappa shape index (κ1) is 26.0. The standard InChI is InChI=1S/C26H29FN2O5S/c1-19(2)34-25-14-10-23(11-15-25)29(35(3,31)32)17-26(30)28-16-20-6-12-24(13-7-20)33-18-21-4-8-22(27)9-5-21/h4-15,19H,16-18H2,1-3H3,(H,28,30). The normalized spacial score (nSPS) is 11.2. The van der Waals surface area contributed by atoms with Gasteiger partial charge in [0.2, 0.25) is 15.9 Å². The predicted octanol–water partition coefficient (Wildman–Crippen LogP) is 4.27. The molecule has 9 heteroatoms. The molecular weight excluding hydrogens is 471 g/mol. The van der Waals surface area contributed by atoms with Crippen LogP contribution in [0.25, 0.3) is 0 Å². The molecule has 0 aliphatic rings. The lowest BCUT2D eigenvalue weighted by molar-refractivity contribution is -0.119. The number of hydrogen-bond acceptors (Lipinski definition) is 5. The zero-order valence-corrected chi connectivity index (χ0v) is 20.7. The predicted molar refractivity (Wildman–Crippen MR) is 133 cm³/mol. The van der Waals surface area contributed by atoms with Crippen LogP contribution in [0.2, 0.25) is 0 Å². The van der Waals surface area contributed by atoms with Crippen molar-refractivity contribution in [3.05, 3.63) is 89.7 Å². The SMILES string of the molecule is CC(C)Oc1ccc(N(CC(=O)NCc2ccc(OCc3ccc(F)cc3)cc2)S(C)(=O)=O)cc1. The van der Waals surface area contributed by atoms with Gasteiger partial charge >= 0.3 is 0 Å². The van der Waals surface area contributed by atoms with Crippen LogP contribution in [0.5, 0.6) is 11.5 Å². The molecule has 0 bridgehead atoms. The molecule has 1 N–H and O–H groups in total. The van der Waals surface area contributed by atoms with Crippen LogP contribution in [0.15, 0.2) is 72.8 Å². The van der Waals surface area contributed by atoms with Crippen LogP contribution in [0.3, 0.4) is 0 Å². The Morgan fingerprint density at radius 3 is 2.06 bits per heavy atom. The van der Waals surface area contributed by atoms with Crippen molar-refractivity contribution in [3.8, 4) is 11.5 Å². The highest BCUT2D eigenvalue weighted by Crippen LogP contribution is 2.22.